The summed E-state index contributed by atoms with van der Waals surface area (Å²) >= 11 is 0. The van der Waals surface area contributed by atoms with Crippen molar-refractivity contribution in [1.82, 2.24) is 9.80 Å². The van der Waals surface area contributed by atoms with Gasteiger partial charge in [-0.1, -0.05) is 37.8 Å². The number of nitrogens with zero attached hydrogens (tertiary/aromatic N) is 2. The van der Waals surface area contributed by atoms with Gasteiger partial charge in [0.1, 0.15) is 5.75 Å². The molecule has 3 aliphatic rings. The average molecular weight is 469 g/mol. The molecule has 5 nitrogen and oxygen atoms in total. The lowest BCUT2D eigenvalue weighted by Crippen LogP contribution is -2.52. The fraction of sp³-hybridized carbons (Fsp3) is 0.720. The molecule has 0 unspecified atom stereocenters. The number of rotatable bonds is 5. The molecule has 184 valence electrons. The summed E-state index contributed by atoms with van der Waals surface area (Å²) < 4.78 is 42.5. The molecule has 2 heterocycles. The van der Waals surface area contributed by atoms with Gasteiger partial charge in [-0.2, -0.15) is 0 Å². The Morgan fingerprint density at radius 3 is 2.27 bits per heavy atom. The third kappa shape index (κ3) is 6.01. The van der Waals surface area contributed by atoms with Crippen molar-refractivity contribution in [2.45, 2.75) is 88.1 Å². The number of carbonyl (C=O) groups is 1. The molecule has 8 heteroatoms. The fourth-order valence-corrected chi connectivity index (χ4v) is 5.94. The zero-order valence-corrected chi connectivity index (χ0v) is 19.2. The van der Waals surface area contributed by atoms with E-state index < -0.39 is 17.9 Å². The van der Waals surface area contributed by atoms with Crippen LogP contribution in [0.4, 0.5) is 13.2 Å². The lowest BCUT2D eigenvalue weighted by atomic mass is 9.72. The van der Waals surface area contributed by atoms with Crippen molar-refractivity contribution in [3.05, 3.63) is 29.8 Å². The fourth-order valence-electron chi connectivity index (χ4n) is 5.94. The monoisotopic (exact) mass is 468 g/mol. The van der Waals surface area contributed by atoms with Crippen LogP contribution in [0.2, 0.25) is 0 Å². The van der Waals surface area contributed by atoms with Crippen molar-refractivity contribution in [3.8, 4) is 5.75 Å². The first-order valence-corrected chi connectivity index (χ1v) is 12.4. The van der Waals surface area contributed by atoms with Crippen molar-refractivity contribution >= 4 is 5.91 Å². The number of hydrogen-bond donors (Lipinski definition) is 1. The van der Waals surface area contributed by atoms with Crippen molar-refractivity contribution in [2.75, 3.05) is 26.2 Å². The van der Waals surface area contributed by atoms with Crippen LogP contribution in [0, 0.1) is 0 Å². The molecule has 0 spiro atoms. The predicted molar refractivity (Wildman–Crippen MR) is 119 cm³/mol. The van der Waals surface area contributed by atoms with Gasteiger partial charge < -0.3 is 19.6 Å². The Balaban J connectivity index is 1.53. The summed E-state index contributed by atoms with van der Waals surface area (Å²) in [6.45, 7) is 3.47. The highest BCUT2D eigenvalue weighted by atomic mass is 19.4. The largest absolute Gasteiger partial charge is 0.573 e. The summed E-state index contributed by atoms with van der Waals surface area (Å²) in [6.07, 6.45) is 4.25. The molecule has 1 atom stereocenters. The van der Waals surface area contributed by atoms with Crippen molar-refractivity contribution in [1.29, 1.82) is 0 Å². The number of alkyl halides is 3. The molecule has 1 aromatic rings. The van der Waals surface area contributed by atoms with Gasteiger partial charge in [0, 0.05) is 19.1 Å². The highest BCUT2D eigenvalue weighted by Gasteiger charge is 2.45. The number of benzene rings is 1. The van der Waals surface area contributed by atoms with Crippen LogP contribution in [0.25, 0.3) is 0 Å². The lowest BCUT2D eigenvalue weighted by molar-refractivity contribution is -0.274. The molecular formula is C25H35F3N2O3. The van der Waals surface area contributed by atoms with Crippen LogP contribution in [-0.2, 0) is 4.79 Å². The molecule has 1 aromatic carbocycles. The van der Waals surface area contributed by atoms with Crippen LogP contribution in [0.15, 0.2) is 24.3 Å². The third-order valence-electron chi connectivity index (χ3n) is 7.61. The van der Waals surface area contributed by atoms with Crippen LogP contribution in [-0.4, -0.2) is 65.0 Å². The van der Waals surface area contributed by atoms with Crippen molar-refractivity contribution < 1.29 is 27.8 Å². The van der Waals surface area contributed by atoms with Crippen LogP contribution in [0.5, 0.6) is 5.75 Å². The Labute approximate surface area is 193 Å². The Hall–Kier alpha value is -1.80. The van der Waals surface area contributed by atoms with Gasteiger partial charge in [-0.15, -0.1) is 13.2 Å². The minimum atomic E-state index is -4.81. The maximum atomic E-state index is 13.8. The SMILES string of the molecule is O=C([C@H](c1cccc(OC(F)(F)F)c1)C1(O)CCCCC1)N1CCC(N2CCCCC2)CC1. The topological polar surface area (TPSA) is 53.0 Å². The van der Waals surface area contributed by atoms with Crippen LogP contribution >= 0.6 is 0 Å². The molecule has 33 heavy (non-hydrogen) atoms. The molecule has 4 rings (SSSR count). The van der Waals surface area contributed by atoms with E-state index in [1.165, 1.54) is 37.5 Å². The molecule has 0 aromatic heterocycles. The van der Waals surface area contributed by atoms with E-state index in [2.05, 4.69) is 9.64 Å². The molecular weight excluding hydrogens is 433 g/mol. The summed E-state index contributed by atoms with van der Waals surface area (Å²) in [4.78, 5) is 18.1. The zero-order chi connectivity index (χ0) is 23.5. The number of halogens is 3. The molecule has 1 amide bonds. The minimum Gasteiger partial charge on any atom is -0.406 e. The van der Waals surface area contributed by atoms with Gasteiger partial charge in [-0.25, -0.2) is 0 Å². The highest BCUT2D eigenvalue weighted by molar-refractivity contribution is 5.85. The average Bonchev–Trinajstić information content (AvgIpc) is 2.79. The van der Waals surface area contributed by atoms with E-state index in [0.717, 1.165) is 45.2 Å². The Bertz CT molecular complexity index is 796. The molecule has 1 aliphatic carbocycles. The number of piperidine rings is 2. The van der Waals surface area contributed by atoms with Crippen molar-refractivity contribution in [2.24, 2.45) is 0 Å². The van der Waals surface area contributed by atoms with Gasteiger partial charge in [0.15, 0.2) is 0 Å². The lowest BCUT2D eigenvalue weighted by Gasteiger charge is -2.44. The first-order valence-electron chi connectivity index (χ1n) is 12.4. The Morgan fingerprint density at radius 2 is 1.64 bits per heavy atom. The van der Waals surface area contributed by atoms with Gasteiger partial charge >= 0.3 is 6.36 Å². The van der Waals surface area contributed by atoms with Gasteiger partial charge in [-0.05, 0) is 69.3 Å². The first kappa shape index (κ1) is 24.3. The van der Waals surface area contributed by atoms with Gasteiger partial charge in [-0.3, -0.25) is 4.79 Å². The van der Waals surface area contributed by atoms with E-state index >= 15 is 0 Å². The summed E-state index contributed by atoms with van der Waals surface area (Å²) in [5, 5.41) is 11.5. The number of amides is 1. The van der Waals surface area contributed by atoms with Crippen LogP contribution in [0.3, 0.4) is 0 Å². The summed E-state index contributed by atoms with van der Waals surface area (Å²) in [5.41, 5.74) is -0.861. The van der Waals surface area contributed by atoms with Gasteiger partial charge in [0.25, 0.3) is 0 Å². The zero-order valence-electron chi connectivity index (χ0n) is 19.2. The van der Waals surface area contributed by atoms with Crippen molar-refractivity contribution in [3.63, 3.8) is 0 Å². The van der Waals surface area contributed by atoms with E-state index in [9.17, 15) is 23.1 Å². The molecule has 3 fully saturated rings. The second kappa shape index (κ2) is 10.2. The van der Waals surface area contributed by atoms with E-state index in [1.807, 2.05) is 4.90 Å². The molecule has 1 N–H and O–H groups in total. The molecule has 1 saturated carbocycles. The number of carbonyl (C=O) groups excluding carboxylic acids is 1. The number of likely N-dealkylation sites (tertiary alicyclic amines) is 2. The summed E-state index contributed by atoms with van der Waals surface area (Å²) in [5.74, 6) is -1.43. The second-order valence-corrected chi connectivity index (χ2v) is 9.87. The van der Waals surface area contributed by atoms with E-state index in [1.54, 1.807) is 6.07 Å². The van der Waals surface area contributed by atoms with Gasteiger partial charge in [0.2, 0.25) is 5.91 Å². The van der Waals surface area contributed by atoms with Gasteiger partial charge in [0.05, 0.1) is 11.5 Å². The summed E-state index contributed by atoms with van der Waals surface area (Å²) in [7, 11) is 0. The molecule has 2 aliphatic heterocycles. The minimum absolute atomic E-state index is 0.180. The second-order valence-electron chi connectivity index (χ2n) is 9.87. The number of hydrogen-bond acceptors (Lipinski definition) is 4. The Kier molecular flexibility index (Phi) is 7.53. The highest BCUT2D eigenvalue weighted by Crippen LogP contribution is 2.42. The summed E-state index contributed by atoms with van der Waals surface area (Å²) in [6, 6.07) is 6.08. The van der Waals surface area contributed by atoms with E-state index in [-0.39, 0.29) is 11.7 Å². The number of aliphatic hydroxyl groups is 1. The standard InChI is InChI=1S/C25H35F3N2O3/c26-25(27,28)33-21-9-7-8-19(18-21)22(24(32)12-3-1-4-13-24)23(31)30-16-10-20(11-17-30)29-14-5-2-6-15-29/h7-9,18,20,22,32H,1-6,10-17H2/t22-/m0/s1. The molecule has 2 saturated heterocycles. The smallest absolute Gasteiger partial charge is 0.406 e. The van der Waals surface area contributed by atoms with E-state index in [4.69, 9.17) is 0 Å². The van der Waals surface area contributed by atoms with Crippen LogP contribution < -0.4 is 4.74 Å². The third-order valence-corrected chi connectivity index (χ3v) is 7.61. The maximum absolute atomic E-state index is 13.8. The first-order chi connectivity index (χ1) is 15.8. The maximum Gasteiger partial charge on any atom is 0.573 e. The normalized spacial score (nSPS) is 23.8. The predicted octanol–water partition coefficient (Wildman–Crippen LogP) is 4.84. The molecule has 0 radical (unpaired) electrons. The quantitative estimate of drug-likeness (QED) is 0.672. The molecule has 0 bridgehead atoms. The van der Waals surface area contributed by atoms with Crippen LogP contribution in [0.1, 0.15) is 75.7 Å². The van der Waals surface area contributed by atoms with E-state index in [0.29, 0.717) is 37.5 Å². The Morgan fingerprint density at radius 1 is 1.00 bits per heavy atom. The number of ether oxygens (including phenoxy) is 1.